The van der Waals surface area contributed by atoms with E-state index < -0.39 is 11.4 Å². The first-order chi connectivity index (χ1) is 10.1. The first-order valence-electron chi connectivity index (χ1n) is 8.34. The molecule has 0 aromatic heterocycles. The molecule has 3 aliphatic rings. The SMILES string of the molecule is CCC1(C(=O)O)CCCN(C(=O)N(CC2CC2)C2CC2)C1. The van der Waals surface area contributed by atoms with Crippen molar-refractivity contribution in [2.45, 2.75) is 57.9 Å². The van der Waals surface area contributed by atoms with E-state index in [1.165, 1.54) is 12.8 Å². The summed E-state index contributed by atoms with van der Waals surface area (Å²) in [6.07, 6.45) is 6.80. The molecule has 3 rings (SSSR count). The van der Waals surface area contributed by atoms with Crippen LogP contribution in [0.4, 0.5) is 4.79 Å². The number of carbonyl (C=O) groups is 2. The molecule has 1 saturated heterocycles. The normalized spacial score (nSPS) is 29.3. The smallest absolute Gasteiger partial charge is 0.320 e. The highest BCUT2D eigenvalue weighted by Gasteiger charge is 2.45. The van der Waals surface area contributed by atoms with Gasteiger partial charge in [-0.15, -0.1) is 0 Å². The summed E-state index contributed by atoms with van der Waals surface area (Å²) in [7, 11) is 0. The van der Waals surface area contributed by atoms with Crippen LogP contribution in [0.5, 0.6) is 0 Å². The number of likely N-dealkylation sites (tertiary alicyclic amines) is 1. The lowest BCUT2D eigenvalue weighted by Crippen LogP contribution is -2.54. The van der Waals surface area contributed by atoms with Gasteiger partial charge in [-0.3, -0.25) is 4.79 Å². The van der Waals surface area contributed by atoms with Crippen LogP contribution in [-0.4, -0.2) is 52.6 Å². The Balaban J connectivity index is 1.69. The molecule has 118 valence electrons. The number of piperidine rings is 1. The van der Waals surface area contributed by atoms with Crippen molar-refractivity contribution in [1.82, 2.24) is 9.80 Å². The number of urea groups is 1. The molecule has 0 bridgehead atoms. The van der Waals surface area contributed by atoms with E-state index >= 15 is 0 Å². The molecule has 1 heterocycles. The Hall–Kier alpha value is -1.26. The van der Waals surface area contributed by atoms with Crippen molar-refractivity contribution < 1.29 is 14.7 Å². The second kappa shape index (κ2) is 5.50. The lowest BCUT2D eigenvalue weighted by molar-refractivity contribution is -0.152. The van der Waals surface area contributed by atoms with Gasteiger partial charge in [0.2, 0.25) is 0 Å². The van der Waals surface area contributed by atoms with Crippen LogP contribution in [0, 0.1) is 11.3 Å². The summed E-state index contributed by atoms with van der Waals surface area (Å²) in [6, 6.07) is 0.504. The van der Waals surface area contributed by atoms with Crippen LogP contribution in [0.1, 0.15) is 51.9 Å². The van der Waals surface area contributed by atoms with Gasteiger partial charge in [-0.2, -0.15) is 0 Å². The molecule has 1 unspecified atom stereocenters. The van der Waals surface area contributed by atoms with Crippen molar-refractivity contribution in [1.29, 1.82) is 0 Å². The number of amides is 2. The maximum absolute atomic E-state index is 12.8. The van der Waals surface area contributed by atoms with Gasteiger partial charge in [-0.05, 0) is 50.9 Å². The van der Waals surface area contributed by atoms with Crippen molar-refractivity contribution in [2.24, 2.45) is 11.3 Å². The molecular weight excluding hydrogens is 268 g/mol. The first kappa shape index (κ1) is 14.7. The highest BCUT2D eigenvalue weighted by molar-refractivity contribution is 5.79. The van der Waals surface area contributed by atoms with Crippen LogP contribution in [0.2, 0.25) is 0 Å². The van der Waals surface area contributed by atoms with Crippen LogP contribution < -0.4 is 0 Å². The maximum Gasteiger partial charge on any atom is 0.320 e. The Morgan fingerprint density at radius 2 is 2.00 bits per heavy atom. The molecule has 1 atom stereocenters. The first-order valence-corrected chi connectivity index (χ1v) is 8.34. The fourth-order valence-electron chi connectivity index (χ4n) is 3.44. The minimum absolute atomic E-state index is 0.0863. The fourth-order valence-corrected chi connectivity index (χ4v) is 3.44. The topological polar surface area (TPSA) is 60.9 Å². The zero-order valence-electron chi connectivity index (χ0n) is 12.9. The number of carboxylic acids is 1. The molecule has 2 amide bonds. The predicted octanol–water partition coefficient (Wildman–Crippen LogP) is 2.56. The Morgan fingerprint density at radius 1 is 1.29 bits per heavy atom. The monoisotopic (exact) mass is 294 g/mol. The van der Waals surface area contributed by atoms with E-state index in [0.29, 0.717) is 37.9 Å². The number of nitrogens with zero attached hydrogens (tertiary/aromatic N) is 2. The molecule has 0 aromatic rings. The van der Waals surface area contributed by atoms with E-state index in [2.05, 4.69) is 0 Å². The third-order valence-electron chi connectivity index (χ3n) is 5.36. The molecule has 1 aliphatic heterocycles. The summed E-state index contributed by atoms with van der Waals surface area (Å²) in [5.74, 6) is -0.0580. The quantitative estimate of drug-likeness (QED) is 0.847. The number of aliphatic carboxylic acids is 1. The van der Waals surface area contributed by atoms with Gasteiger partial charge >= 0.3 is 12.0 Å². The molecule has 0 aromatic carbocycles. The molecule has 1 N–H and O–H groups in total. The van der Waals surface area contributed by atoms with Gasteiger partial charge in [0, 0.05) is 25.7 Å². The van der Waals surface area contributed by atoms with Crippen LogP contribution >= 0.6 is 0 Å². The summed E-state index contributed by atoms with van der Waals surface area (Å²) in [6.45, 7) is 3.89. The number of carboxylic acid groups (broad SMARTS) is 1. The Kier molecular flexibility index (Phi) is 3.84. The van der Waals surface area contributed by atoms with E-state index in [9.17, 15) is 14.7 Å². The fraction of sp³-hybridized carbons (Fsp3) is 0.875. The van der Waals surface area contributed by atoms with Gasteiger partial charge in [-0.1, -0.05) is 6.92 Å². The number of rotatable bonds is 5. The number of hydrogen-bond donors (Lipinski definition) is 1. The average Bonchev–Trinajstić information content (AvgIpc) is 3.37. The Bertz CT molecular complexity index is 431. The third-order valence-corrected chi connectivity index (χ3v) is 5.36. The summed E-state index contributed by atoms with van der Waals surface area (Å²) in [5.41, 5.74) is -0.733. The molecule has 5 heteroatoms. The molecule has 0 spiro atoms. The molecule has 21 heavy (non-hydrogen) atoms. The average molecular weight is 294 g/mol. The molecular formula is C16H26N2O3. The van der Waals surface area contributed by atoms with E-state index in [1.54, 1.807) is 0 Å². The van der Waals surface area contributed by atoms with Gasteiger partial charge in [0.25, 0.3) is 0 Å². The van der Waals surface area contributed by atoms with Gasteiger partial charge in [0.1, 0.15) is 0 Å². The molecule has 3 fully saturated rings. The lowest BCUT2D eigenvalue weighted by Gasteiger charge is -2.41. The van der Waals surface area contributed by atoms with Crippen molar-refractivity contribution in [2.75, 3.05) is 19.6 Å². The van der Waals surface area contributed by atoms with Gasteiger partial charge in [0.15, 0.2) is 0 Å². The van der Waals surface area contributed by atoms with Crippen molar-refractivity contribution in [3.05, 3.63) is 0 Å². The van der Waals surface area contributed by atoms with Crippen LogP contribution in [0.15, 0.2) is 0 Å². The molecule has 2 saturated carbocycles. The number of hydrogen-bond acceptors (Lipinski definition) is 2. The Morgan fingerprint density at radius 3 is 2.52 bits per heavy atom. The second-order valence-electron chi connectivity index (χ2n) is 7.07. The minimum Gasteiger partial charge on any atom is -0.481 e. The van der Waals surface area contributed by atoms with Crippen molar-refractivity contribution in [3.8, 4) is 0 Å². The highest BCUT2D eigenvalue weighted by Crippen LogP contribution is 2.38. The molecule has 0 radical (unpaired) electrons. The van der Waals surface area contributed by atoms with Gasteiger partial charge in [0.05, 0.1) is 5.41 Å². The maximum atomic E-state index is 12.8. The highest BCUT2D eigenvalue weighted by atomic mass is 16.4. The van der Waals surface area contributed by atoms with Crippen LogP contribution in [0.25, 0.3) is 0 Å². The predicted molar refractivity (Wildman–Crippen MR) is 79.0 cm³/mol. The van der Waals surface area contributed by atoms with Crippen LogP contribution in [0.3, 0.4) is 0 Å². The zero-order chi connectivity index (χ0) is 15.0. The summed E-state index contributed by atoms with van der Waals surface area (Å²) >= 11 is 0. The summed E-state index contributed by atoms with van der Waals surface area (Å²) < 4.78 is 0. The van der Waals surface area contributed by atoms with Gasteiger partial charge in [-0.25, -0.2) is 4.79 Å². The van der Waals surface area contributed by atoms with E-state index in [4.69, 9.17) is 0 Å². The van der Waals surface area contributed by atoms with Crippen molar-refractivity contribution >= 4 is 12.0 Å². The number of carbonyl (C=O) groups excluding carboxylic acids is 1. The minimum atomic E-state index is -0.748. The van der Waals surface area contributed by atoms with Crippen molar-refractivity contribution in [3.63, 3.8) is 0 Å². The standard InChI is InChI=1S/C16H26N2O3/c1-2-16(14(19)20)8-3-9-17(11-16)15(21)18(13-6-7-13)10-12-4-5-12/h12-13H,2-11H2,1H3,(H,19,20). The Labute approximate surface area is 126 Å². The van der Waals surface area contributed by atoms with E-state index in [1.807, 2.05) is 16.7 Å². The largest absolute Gasteiger partial charge is 0.481 e. The van der Waals surface area contributed by atoms with E-state index in [0.717, 1.165) is 25.8 Å². The lowest BCUT2D eigenvalue weighted by atomic mass is 9.78. The van der Waals surface area contributed by atoms with E-state index in [-0.39, 0.29) is 6.03 Å². The molecule has 5 nitrogen and oxygen atoms in total. The second-order valence-corrected chi connectivity index (χ2v) is 7.07. The third kappa shape index (κ3) is 3.01. The molecule has 2 aliphatic carbocycles. The summed E-state index contributed by atoms with van der Waals surface area (Å²) in [5, 5.41) is 9.55. The summed E-state index contributed by atoms with van der Waals surface area (Å²) in [4.78, 5) is 28.3. The van der Waals surface area contributed by atoms with Gasteiger partial charge < -0.3 is 14.9 Å². The zero-order valence-corrected chi connectivity index (χ0v) is 12.9. The van der Waals surface area contributed by atoms with Crippen LogP contribution in [-0.2, 0) is 4.79 Å².